The number of carbonyl (C=O) groups is 2. The first-order valence-corrected chi connectivity index (χ1v) is 8.45. The molecule has 0 radical (unpaired) electrons. The molecule has 0 N–H and O–H groups in total. The first-order valence-electron chi connectivity index (χ1n) is 8.45. The second kappa shape index (κ2) is 7.45. The summed E-state index contributed by atoms with van der Waals surface area (Å²) in [5, 5.41) is 0.177. The van der Waals surface area contributed by atoms with E-state index in [0.717, 1.165) is 0 Å². The Morgan fingerprint density at radius 1 is 1.07 bits per heavy atom. The molecule has 138 valence electrons. The van der Waals surface area contributed by atoms with Gasteiger partial charge in [0.1, 0.15) is 5.56 Å². The lowest BCUT2D eigenvalue weighted by atomic mass is 10.0. The molecule has 6 nitrogen and oxygen atoms in total. The van der Waals surface area contributed by atoms with Gasteiger partial charge in [-0.25, -0.2) is 4.79 Å². The van der Waals surface area contributed by atoms with Crippen LogP contribution >= 0.6 is 0 Å². The third-order valence-corrected chi connectivity index (χ3v) is 3.99. The number of ether oxygens (including phenoxy) is 2. The van der Waals surface area contributed by atoms with Crippen LogP contribution in [0.5, 0.6) is 5.75 Å². The minimum Gasteiger partial charge on any atom is -0.462 e. The number of carbonyl (C=O) groups excluding carboxylic acids is 2. The molecular weight excluding hydrogens is 348 g/mol. The van der Waals surface area contributed by atoms with E-state index in [1.807, 2.05) is 6.07 Å². The van der Waals surface area contributed by atoms with Crippen LogP contribution in [0.25, 0.3) is 22.3 Å². The van der Waals surface area contributed by atoms with Gasteiger partial charge >= 0.3 is 11.9 Å². The van der Waals surface area contributed by atoms with Crippen LogP contribution in [-0.2, 0) is 9.53 Å². The van der Waals surface area contributed by atoms with Gasteiger partial charge in [0, 0.05) is 12.5 Å². The molecule has 3 aromatic rings. The van der Waals surface area contributed by atoms with Gasteiger partial charge in [-0.1, -0.05) is 36.4 Å². The van der Waals surface area contributed by atoms with Crippen LogP contribution < -0.4 is 10.2 Å². The molecule has 0 amide bonds. The van der Waals surface area contributed by atoms with Crippen molar-refractivity contribution >= 4 is 22.9 Å². The van der Waals surface area contributed by atoms with Crippen LogP contribution in [-0.4, -0.2) is 18.5 Å². The third kappa shape index (κ3) is 3.46. The Balaban J connectivity index is 2.42. The van der Waals surface area contributed by atoms with Crippen molar-refractivity contribution < 1.29 is 23.5 Å². The summed E-state index contributed by atoms with van der Waals surface area (Å²) >= 11 is 0. The van der Waals surface area contributed by atoms with Crippen molar-refractivity contribution in [2.75, 3.05) is 6.61 Å². The largest absolute Gasteiger partial charge is 0.462 e. The van der Waals surface area contributed by atoms with Crippen LogP contribution in [0.2, 0.25) is 0 Å². The Labute approximate surface area is 155 Å². The summed E-state index contributed by atoms with van der Waals surface area (Å²) in [4.78, 5) is 37.0. The maximum Gasteiger partial charge on any atom is 0.341 e. The number of benzene rings is 2. The van der Waals surface area contributed by atoms with Gasteiger partial charge in [0.25, 0.3) is 0 Å². The van der Waals surface area contributed by atoms with Gasteiger partial charge in [0.05, 0.1) is 12.0 Å². The predicted molar refractivity (Wildman–Crippen MR) is 99.9 cm³/mol. The highest BCUT2D eigenvalue weighted by molar-refractivity contribution is 6.03. The molecule has 0 bridgehead atoms. The third-order valence-electron chi connectivity index (χ3n) is 3.99. The van der Waals surface area contributed by atoms with E-state index in [1.165, 1.54) is 6.92 Å². The zero-order valence-electron chi connectivity index (χ0n) is 15.2. The summed E-state index contributed by atoms with van der Waals surface area (Å²) in [5.41, 5.74) is 0.868. The second-order valence-corrected chi connectivity index (χ2v) is 5.90. The Morgan fingerprint density at radius 2 is 1.78 bits per heavy atom. The van der Waals surface area contributed by atoms with Crippen LogP contribution in [0.3, 0.4) is 0 Å². The maximum atomic E-state index is 13.1. The standard InChI is InChI=1S/C21H18O6/c1-4-25-21(24)15-11-10-12(2)16-17(23)20(26-13(3)22)18(27-19(15)16)14-8-6-5-7-9-14/h5-11H,4H2,1-3H3. The predicted octanol–water partition coefficient (Wildman–Crippen LogP) is 3.87. The molecule has 0 aliphatic carbocycles. The van der Waals surface area contributed by atoms with E-state index in [1.54, 1.807) is 50.2 Å². The molecule has 3 rings (SSSR count). The zero-order chi connectivity index (χ0) is 19.6. The van der Waals surface area contributed by atoms with E-state index in [-0.39, 0.29) is 34.6 Å². The minimum atomic E-state index is -0.641. The first-order chi connectivity index (χ1) is 12.9. The molecule has 0 unspecified atom stereocenters. The summed E-state index contributed by atoms with van der Waals surface area (Å²) < 4.78 is 16.2. The molecule has 2 aromatic carbocycles. The Morgan fingerprint density at radius 3 is 2.41 bits per heavy atom. The Bertz CT molecular complexity index is 1080. The van der Waals surface area contributed by atoms with Crippen molar-refractivity contribution in [1.29, 1.82) is 0 Å². The van der Waals surface area contributed by atoms with Crippen molar-refractivity contribution in [3.05, 3.63) is 63.8 Å². The van der Waals surface area contributed by atoms with Crippen molar-refractivity contribution in [3.63, 3.8) is 0 Å². The topological polar surface area (TPSA) is 82.8 Å². The van der Waals surface area contributed by atoms with E-state index < -0.39 is 17.4 Å². The van der Waals surface area contributed by atoms with E-state index in [4.69, 9.17) is 13.9 Å². The molecule has 6 heteroatoms. The smallest absolute Gasteiger partial charge is 0.341 e. The average Bonchev–Trinajstić information content (AvgIpc) is 2.64. The average molecular weight is 366 g/mol. The molecule has 0 aliphatic rings. The van der Waals surface area contributed by atoms with Gasteiger partial charge in [0.15, 0.2) is 11.3 Å². The zero-order valence-corrected chi connectivity index (χ0v) is 15.2. The summed E-state index contributed by atoms with van der Waals surface area (Å²) in [6.45, 7) is 4.81. The fourth-order valence-electron chi connectivity index (χ4n) is 2.82. The quantitative estimate of drug-likeness (QED) is 0.652. The van der Waals surface area contributed by atoms with Gasteiger partial charge in [-0.3, -0.25) is 9.59 Å². The summed E-state index contributed by atoms with van der Waals surface area (Å²) in [6, 6.07) is 12.0. The van der Waals surface area contributed by atoms with Gasteiger partial charge in [-0.2, -0.15) is 0 Å². The molecule has 0 atom stereocenters. The molecule has 27 heavy (non-hydrogen) atoms. The maximum absolute atomic E-state index is 13.1. The molecule has 0 fully saturated rings. The molecule has 1 heterocycles. The highest BCUT2D eigenvalue weighted by Gasteiger charge is 2.24. The summed E-state index contributed by atoms with van der Waals surface area (Å²) in [7, 11) is 0. The van der Waals surface area contributed by atoms with Crippen molar-refractivity contribution in [2.45, 2.75) is 20.8 Å². The monoisotopic (exact) mass is 366 g/mol. The Hall–Kier alpha value is -3.41. The van der Waals surface area contributed by atoms with Crippen molar-refractivity contribution in [3.8, 4) is 17.1 Å². The number of hydrogen-bond donors (Lipinski definition) is 0. The van der Waals surface area contributed by atoms with Gasteiger partial charge in [0.2, 0.25) is 11.2 Å². The fourth-order valence-corrected chi connectivity index (χ4v) is 2.82. The minimum absolute atomic E-state index is 0.0828. The van der Waals surface area contributed by atoms with Crippen LogP contribution in [0.1, 0.15) is 29.8 Å². The number of hydrogen-bond acceptors (Lipinski definition) is 6. The number of fused-ring (bicyclic) bond motifs is 1. The van der Waals surface area contributed by atoms with Gasteiger partial charge < -0.3 is 13.9 Å². The molecule has 1 aromatic heterocycles. The van der Waals surface area contributed by atoms with Gasteiger partial charge in [-0.05, 0) is 25.5 Å². The normalized spacial score (nSPS) is 10.6. The summed E-state index contributed by atoms with van der Waals surface area (Å²) in [6.07, 6.45) is 0. The molecule has 0 saturated heterocycles. The van der Waals surface area contributed by atoms with Crippen LogP contribution in [0.15, 0.2) is 51.7 Å². The van der Waals surface area contributed by atoms with Crippen LogP contribution in [0.4, 0.5) is 0 Å². The lowest BCUT2D eigenvalue weighted by molar-refractivity contribution is -0.132. The molecule has 0 aliphatic heterocycles. The van der Waals surface area contributed by atoms with Crippen molar-refractivity contribution in [2.24, 2.45) is 0 Å². The lowest BCUT2D eigenvalue weighted by Gasteiger charge is -2.13. The highest BCUT2D eigenvalue weighted by atomic mass is 16.5. The second-order valence-electron chi connectivity index (χ2n) is 5.90. The highest BCUT2D eigenvalue weighted by Crippen LogP contribution is 2.33. The van der Waals surface area contributed by atoms with Gasteiger partial charge in [-0.15, -0.1) is 0 Å². The van der Waals surface area contributed by atoms with E-state index in [9.17, 15) is 14.4 Å². The summed E-state index contributed by atoms with van der Waals surface area (Å²) in [5.74, 6) is -1.35. The molecule has 0 saturated carbocycles. The van der Waals surface area contributed by atoms with E-state index >= 15 is 0 Å². The van der Waals surface area contributed by atoms with Crippen LogP contribution in [0, 0.1) is 6.92 Å². The molecule has 0 spiro atoms. The Kier molecular flexibility index (Phi) is 5.07. The lowest BCUT2D eigenvalue weighted by Crippen LogP contribution is -2.15. The number of rotatable bonds is 4. The number of esters is 2. The number of aryl methyl sites for hydroxylation is 1. The van der Waals surface area contributed by atoms with E-state index in [2.05, 4.69) is 0 Å². The first kappa shape index (κ1) is 18.4. The van der Waals surface area contributed by atoms with E-state index in [0.29, 0.717) is 11.1 Å². The SMILES string of the molecule is CCOC(=O)c1ccc(C)c2c(=O)c(OC(C)=O)c(-c3ccccc3)oc12. The molecular formula is C21H18O6. The van der Waals surface area contributed by atoms with Crippen molar-refractivity contribution in [1.82, 2.24) is 0 Å². The fraction of sp³-hybridized carbons (Fsp3) is 0.190.